The topological polar surface area (TPSA) is 69.2 Å². The van der Waals surface area contributed by atoms with E-state index in [1.807, 2.05) is 13.8 Å². The fraction of sp³-hybridized carbons (Fsp3) is 0.417. The molecule has 1 aromatic heterocycles. The number of benzene rings is 1. The average molecular weight is 234 g/mol. The molecule has 1 aromatic carbocycles. The van der Waals surface area contributed by atoms with E-state index in [9.17, 15) is 10.1 Å². The van der Waals surface area contributed by atoms with E-state index in [-0.39, 0.29) is 10.6 Å². The molecule has 0 fully saturated rings. The molecule has 0 saturated heterocycles. The van der Waals surface area contributed by atoms with Crippen LogP contribution in [0.15, 0.2) is 16.9 Å². The van der Waals surface area contributed by atoms with Gasteiger partial charge in [-0.05, 0) is 18.4 Å². The molecular formula is C12H14N2O3. The number of hydrogen-bond donors (Lipinski definition) is 0. The van der Waals surface area contributed by atoms with Gasteiger partial charge in [0.25, 0.3) is 5.69 Å². The Kier molecular flexibility index (Phi) is 3.08. The van der Waals surface area contributed by atoms with Gasteiger partial charge in [0.2, 0.25) is 0 Å². The van der Waals surface area contributed by atoms with Crippen molar-refractivity contribution in [1.29, 1.82) is 0 Å². The van der Waals surface area contributed by atoms with Gasteiger partial charge < -0.3 is 4.52 Å². The van der Waals surface area contributed by atoms with Crippen LogP contribution >= 0.6 is 0 Å². The maximum Gasteiger partial charge on any atom is 0.275 e. The van der Waals surface area contributed by atoms with E-state index in [1.54, 1.807) is 12.3 Å². The summed E-state index contributed by atoms with van der Waals surface area (Å²) in [7, 11) is 0. The van der Waals surface area contributed by atoms with E-state index < -0.39 is 0 Å². The third-order valence-electron chi connectivity index (χ3n) is 2.89. The van der Waals surface area contributed by atoms with Gasteiger partial charge in [-0.3, -0.25) is 10.1 Å². The first-order valence-corrected chi connectivity index (χ1v) is 5.72. The summed E-state index contributed by atoms with van der Waals surface area (Å²) in [6.07, 6.45) is 3.88. The quantitative estimate of drug-likeness (QED) is 0.601. The summed E-state index contributed by atoms with van der Waals surface area (Å²) in [5.74, 6) is 0. The van der Waals surface area contributed by atoms with Gasteiger partial charge in [0, 0.05) is 11.5 Å². The molecule has 0 aliphatic rings. The maximum absolute atomic E-state index is 11.0. The van der Waals surface area contributed by atoms with Gasteiger partial charge in [-0.25, -0.2) is 0 Å². The monoisotopic (exact) mass is 234 g/mol. The maximum atomic E-state index is 11.0. The number of fused-ring (bicyclic) bond motifs is 1. The number of hydrogen-bond acceptors (Lipinski definition) is 4. The first-order valence-electron chi connectivity index (χ1n) is 5.72. The molecule has 5 heteroatoms. The predicted octanol–water partition coefficient (Wildman–Crippen LogP) is 3.25. The van der Waals surface area contributed by atoms with Crippen LogP contribution < -0.4 is 0 Å². The number of aromatic nitrogens is 1. The van der Waals surface area contributed by atoms with Crippen LogP contribution in [0.25, 0.3) is 10.9 Å². The average Bonchev–Trinajstić information content (AvgIpc) is 2.77. The van der Waals surface area contributed by atoms with Crippen molar-refractivity contribution in [2.24, 2.45) is 0 Å². The first kappa shape index (κ1) is 11.6. The standard InChI is InChI=1S/C12H14N2O3/c1-3-5-8-6-11(14(15)16)9(4-2)12-10(8)7-17-13-12/h6-7H,3-5H2,1-2H3. The molecule has 90 valence electrons. The van der Waals surface area contributed by atoms with Crippen LogP contribution in [0.3, 0.4) is 0 Å². The Bertz CT molecular complexity index is 560. The van der Waals surface area contributed by atoms with Crippen LogP contribution in [0.4, 0.5) is 5.69 Å². The van der Waals surface area contributed by atoms with E-state index in [0.717, 1.165) is 23.8 Å². The van der Waals surface area contributed by atoms with Crippen molar-refractivity contribution in [2.45, 2.75) is 33.1 Å². The zero-order chi connectivity index (χ0) is 12.4. The number of nitrogens with zero attached hydrogens (tertiary/aromatic N) is 2. The fourth-order valence-electron chi connectivity index (χ4n) is 2.12. The molecule has 0 bridgehead atoms. The molecule has 0 saturated carbocycles. The van der Waals surface area contributed by atoms with E-state index in [4.69, 9.17) is 4.52 Å². The summed E-state index contributed by atoms with van der Waals surface area (Å²) in [5, 5.41) is 15.8. The van der Waals surface area contributed by atoms with Crippen molar-refractivity contribution in [3.63, 3.8) is 0 Å². The molecule has 0 spiro atoms. The second kappa shape index (κ2) is 4.53. The van der Waals surface area contributed by atoms with Crippen LogP contribution in [0.1, 0.15) is 31.4 Å². The van der Waals surface area contributed by atoms with Gasteiger partial charge in [-0.15, -0.1) is 0 Å². The van der Waals surface area contributed by atoms with Gasteiger partial charge >= 0.3 is 0 Å². The van der Waals surface area contributed by atoms with Crippen LogP contribution in [0.5, 0.6) is 0 Å². The SMILES string of the molecule is CCCc1cc([N+](=O)[O-])c(CC)c2nocc12. The van der Waals surface area contributed by atoms with Crippen molar-refractivity contribution in [3.05, 3.63) is 33.6 Å². The van der Waals surface area contributed by atoms with Crippen molar-refractivity contribution in [1.82, 2.24) is 5.16 Å². The van der Waals surface area contributed by atoms with Gasteiger partial charge in [-0.2, -0.15) is 0 Å². The van der Waals surface area contributed by atoms with E-state index in [1.165, 1.54) is 0 Å². The summed E-state index contributed by atoms with van der Waals surface area (Å²) in [5.41, 5.74) is 2.37. The number of nitro benzene ring substituents is 1. The van der Waals surface area contributed by atoms with Crippen molar-refractivity contribution in [3.8, 4) is 0 Å². The Balaban J connectivity index is 2.75. The Morgan fingerprint density at radius 3 is 2.82 bits per heavy atom. The van der Waals surface area contributed by atoms with E-state index in [0.29, 0.717) is 17.5 Å². The molecule has 2 rings (SSSR count). The molecule has 2 aromatic rings. The number of aryl methyl sites for hydroxylation is 2. The number of nitro groups is 1. The molecule has 0 N–H and O–H groups in total. The highest BCUT2D eigenvalue weighted by Gasteiger charge is 2.20. The molecular weight excluding hydrogens is 220 g/mol. The van der Waals surface area contributed by atoms with Crippen LogP contribution in [0.2, 0.25) is 0 Å². The smallest absolute Gasteiger partial charge is 0.275 e. The van der Waals surface area contributed by atoms with Gasteiger partial charge in [0.15, 0.2) is 0 Å². The second-order valence-electron chi connectivity index (χ2n) is 3.97. The highest BCUT2D eigenvalue weighted by Crippen LogP contribution is 2.31. The summed E-state index contributed by atoms with van der Waals surface area (Å²) in [6, 6.07) is 1.65. The van der Waals surface area contributed by atoms with Crippen molar-refractivity contribution >= 4 is 16.6 Å². The molecule has 0 aliphatic carbocycles. The predicted molar refractivity (Wildman–Crippen MR) is 64.0 cm³/mol. The molecule has 17 heavy (non-hydrogen) atoms. The fourth-order valence-corrected chi connectivity index (χ4v) is 2.12. The Hall–Kier alpha value is -1.91. The lowest BCUT2D eigenvalue weighted by Gasteiger charge is -2.05. The molecule has 5 nitrogen and oxygen atoms in total. The highest BCUT2D eigenvalue weighted by atomic mass is 16.6. The summed E-state index contributed by atoms with van der Waals surface area (Å²) in [6.45, 7) is 3.93. The highest BCUT2D eigenvalue weighted by molar-refractivity contribution is 5.87. The Morgan fingerprint density at radius 1 is 1.47 bits per heavy atom. The zero-order valence-corrected chi connectivity index (χ0v) is 9.90. The third kappa shape index (κ3) is 1.88. The summed E-state index contributed by atoms with van der Waals surface area (Å²) in [4.78, 5) is 10.7. The van der Waals surface area contributed by atoms with Gasteiger partial charge in [0.1, 0.15) is 11.8 Å². The minimum atomic E-state index is -0.341. The molecule has 0 radical (unpaired) electrons. The second-order valence-corrected chi connectivity index (χ2v) is 3.97. The van der Waals surface area contributed by atoms with Gasteiger partial charge in [-0.1, -0.05) is 25.4 Å². The zero-order valence-electron chi connectivity index (χ0n) is 9.90. The molecule has 0 aliphatic heterocycles. The minimum Gasteiger partial charge on any atom is -0.363 e. The molecule has 0 amide bonds. The normalized spacial score (nSPS) is 10.9. The lowest BCUT2D eigenvalue weighted by atomic mass is 9.99. The van der Waals surface area contributed by atoms with Gasteiger partial charge in [0.05, 0.1) is 10.5 Å². The number of rotatable bonds is 4. The summed E-state index contributed by atoms with van der Waals surface area (Å²) < 4.78 is 4.96. The lowest BCUT2D eigenvalue weighted by molar-refractivity contribution is -0.385. The van der Waals surface area contributed by atoms with Crippen LogP contribution in [0, 0.1) is 10.1 Å². The van der Waals surface area contributed by atoms with Crippen molar-refractivity contribution < 1.29 is 9.45 Å². The Labute approximate surface area is 98.6 Å². The Morgan fingerprint density at radius 2 is 2.24 bits per heavy atom. The molecule has 0 atom stereocenters. The van der Waals surface area contributed by atoms with E-state index >= 15 is 0 Å². The van der Waals surface area contributed by atoms with Crippen molar-refractivity contribution in [2.75, 3.05) is 0 Å². The third-order valence-corrected chi connectivity index (χ3v) is 2.89. The van der Waals surface area contributed by atoms with Crippen LogP contribution in [-0.2, 0) is 12.8 Å². The molecule has 1 heterocycles. The van der Waals surface area contributed by atoms with E-state index in [2.05, 4.69) is 5.16 Å². The minimum absolute atomic E-state index is 0.150. The first-order chi connectivity index (χ1) is 8.19. The largest absolute Gasteiger partial charge is 0.363 e. The van der Waals surface area contributed by atoms with Crippen LogP contribution in [-0.4, -0.2) is 10.1 Å². The summed E-state index contributed by atoms with van der Waals surface area (Å²) >= 11 is 0. The lowest BCUT2D eigenvalue weighted by Crippen LogP contribution is -1.98. The molecule has 0 unspecified atom stereocenters.